The van der Waals surface area contributed by atoms with Crippen molar-refractivity contribution >= 4 is 39.1 Å². The van der Waals surface area contributed by atoms with E-state index >= 15 is 0 Å². The molecule has 0 radical (unpaired) electrons. The summed E-state index contributed by atoms with van der Waals surface area (Å²) < 4.78 is 39.5. The van der Waals surface area contributed by atoms with Crippen LogP contribution >= 0.6 is 11.6 Å². The molecule has 0 heterocycles. The maximum Gasteiger partial charge on any atom is 0.244 e. The molecule has 0 unspecified atom stereocenters. The maximum absolute atomic E-state index is 13.6. The number of benzene rings is 2. The lowest BCUT2D eigenvalue weighted by atomic mass is 10.1. The molecule has 0 saturated carbocycles. The van der Waals surface area contributed by atoms with Crippen molar-refractivity contribution in [2.45, 2.75) is 52.7 Å². The van der Waals surface area contributed by atoms with Gasteiger partial charge in [-0.25, -0.2) is 12.8 Å². The molecule has 0 aromatic heterocycles. The van der Waals surface area contributed by atoms with E-state index in [-0.39, 0.29) is 29.2 Å². The molecule has 2 atom stereocenters. The van der Waals surface area contributed by atoms with Gasteiger partial charge in [0.1, 0.15) is 18.4 Å². The Morgan fingerprint density at radius 2 is 1.82 bits per heavy atom. The lowest BCUT2D eigenvalue weighted by Crippen LogP contribution is -2.52. The van der Waals surface area contributed by atoms with Crippen molar-refractivity contribution in [2.75, 3.05) is 17.1 Å². The lowest BCUT2D eigenvalue weighted by molar-refractivity contribution is -0.139. The number of halogens is 2. The summed E-state index contributed by atoms with van der Waals surface area (Å²) in [5.74, 6) is -1.63. The predicted octanol–water partition coefficient (Wildman–Crippen LogP) is 3.89. The lowest BCUT2D eigenvalue weighted by Gasteiger charge is -2.32. The van der Waals surface area contributed by atoms with Crippen LogP contribution in [0.25, 0.3) is 0 Å². The van der Waals surface area contributed by atoms with Crippen molar-refractivity contribution < 1.29 is 22.4 Å². The molecule has 0 aliphatic heterocycles. The van der Waals surface area contributed by atoms with Crippen LogP contribution in [0, 0.1) is 12.7 Å². The standard InChI is InChI=1S/C24H31ClFN3O4S/c1-6-17(3)27-24(31)18(4)28(14-19-9-7-8-16(2)12-19)23(30)15-29(34(5,32)33)20-10-11-22(26)21(25)13-20/h7-13,17-18H,6,14-15H2,1-5H3,(H,27,31)/t17-,18+/m0/s1. The van der Waals surface area contributed by atoms with Crippen molar-refractivity contribution in [3.8, 4) is 0 Å². The molecule has 2 rings (SSSR count). The third kappa shape index (κ3) is 7.43. The first-order valence-electron chi connectivity index (χ1n) is 10.9. The van der Waals surface area contributed by atoms with Gasteiger partial charge in [0.25, 0.3) is 0 Å². The molecule has 186 valence electrons. The highest BCUT2D eigenvalue weighted by Gasteiger charge is 2.30. The van der Waals surface area contributed by atoms with Gasteiger partial charge in [-0.2, -0.15) is 0 Å². The molecule has 0 spiro atoms. The first kappa shape index (κ1) is 27.6. The van der Waals surface area contributed by atoms with Gasteiger partial charge in [0.05, 0.1) is 17.0 Å². The number of amides is 2. The minimum absolute atomic E-state index is 0.0504. The molecule has 0 aliphatic rings. The van der Waals surface area contributed by atoms with E-state index in [1.54, 1.807) is 6.92 Å². The Bertz CT molecular complexity index is 1140. The number of hydrogen-bond donors (Lipinski definition) is 1. The van der Waals surface area contributed by atoms with Crippen LogP contribution in [0.5, 0.6) is 0 Å². The first-order valence-corrected chi connectivity index (χ1v) is 13.1. The third-order valence-corrected chi connectivity index (χ3v) is 6.90. The number of nitrogens with one attached hydrogen (secondary N) is 1. The van der Waals surface area contributed by atoms with Gasteiger partial charge in [-0.3, -0.25) is 13.9 Å². The third-order valence-electron chi connectivity index (χ3n) is 5.47. The van der Waals surface area contributed by atoms with Gasteiger partial charge in [0, 0.05) is 12.6 Å². The van der Waals surface area contributed by atoms with Crippen molar-refractivity contribution in [3.63, 3.8) is 0 Å². The van der Waals surface area contributed by atoms with E-state index in [1.807, 2.05) is 45.0 Å². The Kier molecular flexibility index (Phi) is 9.46. The van der Waals surface area contributed by atoms with E-state index in [4.69, 9.17) is 11.6 Å². The number of anilines is 1. The Hall–Kier alpha value is -2.65. The molecule has 0 aliphatic carbocycles. The number of nitrogens with zero attached hydrogens (tertiary/aromatic N) is 2. The molecule has 1 N–H and O–H groups in total. The molecule has 0 bridgehead atoms. The highest BCUT2D eigenvalue weighted by molar-refractivity contribution is 7.92. The molecular weight excluding hydrogens is 481 g/mol. The molecule has 10 heteroatoms. The van der Waals surface area contributed by atoms with Gasteiger partial charge in [0.15, 0.2) is 0 Å². The van der Waals surface area contributed by atoms with Crippen LogP contribution < -0.4 is 9.62 Å². The molecule has 0 fully saturated rings. The van der Waals surface area contributed by atoms with Gasteiger partial charge in [-0.1, -0.05) is 48.4 Å². The number of carbonyl (C=O) groups excluding carboxylic acids is 2. The van der Waals surface area contributed by atoms with Crippen LogP contribution in [0.3, 0.4) is 0 Å². The van der Waals surface area contributed by atoms with Crippen molar-refractivity contribution in [1.82, 2.24) is 10.2 Å². The number of aryl methyl sites for hydroxylation is 1. The van der Waals surface area contributed by atoms with Gasteiger partial charge in [-0.15, -0.1) is 0 Å². The Balaban J connectivity index is 2.41. The minimum atomic E-state index is -3.92. The van der Waals surface area contributed by atoms with Crippen LogP contribution in [0.4, 0.5) is 10.1 Å². The van der Waals surface area contributed by atoms with Crippen molar-refractivity contribution in [1.29, 1.82) is 0 Å². The van der Waals surface area contributed by atoms with Crippen LogP contribution in [0.15, 0.2) is 42.5 Å². The summed E-state index contributed by atoms with van der Waals surface area (Å²) >= 11 is 5.84. The van der Waals surface area contributed by atoms with Gasteiger partial charge >= 0.3 is 0 Å². The quantitative estimate of drug-likeness (QED) is 0.524. The molecule has 2 amide bonds. The summed E-state index contributed by atoms with van der Waals surface area (Å²) in [6, 6.07) is 9.97. The van der Waals surface area contributed by atoms with Crippen LogP contribution in [-0.4, -0.2) is 50.0 Å². The molecule has 34 heavy (non-hydrogen) atoms. The average Bonchev–Trinajstić information content (AvgIpc) is 2.76. The van der Waals surface area contributed by atoms with E-state index in [0.717, 1.165) is 40.2 Å². The first-order chi connectivity index (χ1) is 15.8. The van der Waals surface area contributed by atoms with Crippen LogP contribution in [0.2, 0.25) is 5.02 Å². The maximum atomic E-state index is 13.6. The van der Waals surface area contributed by atoms with Crippen LogP contribution in [-0.2, 0) is 26.2 Å². The fourth-order valence-electron chi connectivity index (χ4n) is 3.31. The SMILES string of the molecule is CC[C@H](C)NC(=O)[C@@H](C)N(Cc1cccc(C)c1)C(=O)CN(c1ccc(F)c(Cl)c1)S(C)(=O)=O. The molecule has 2 aromatic rings. The fraction of sp³-hybridized carbons (Fsp3) is 0.417. The van der Waals surface area contributed by atoms with E-state index in [9.17, 15) is 22.4 Å². The Labute approximate surface area is 205 Å². The monoisotopic (exact) mass is 511 g/mol. The number of hydrogen-bond acceptors (Lipinski definition) is 4. The van der Waals surface area contributed by atoms with Gasteiger partial charge in [-0.05, 0) is 51.0 Å². The average molecular weight is 512 g/mol. The van der Waals surface area contributed by atoms with E-state index < -0.39 is 34.3 Å². The number of sulfonamides is 1. The van der Waals surface area contributed by atoms with Crippen molar-refractivity contribution in [3.05, 3.63) is 64.4 Å². The highest BCUT2D eigenvalue weighted by atomic mass is 35.5. The van der Waals surface area contributed by atoms with E-state index in [2.05, 4.69) is 5.32 Å². The summed E-state index contributed by atoms with van der Waals surface area (Å²) in [7, 11) is -3.92. The topological polar surface area (TPSA) is 86.8 Å². The molecule has 7 nitrogen and oxygen atoms in total. The van der Waals surface area contributed by atoms with E-state index in [1.165, 1.54) is 11.0 Å². The summed E-state index contributed by atoms with van der Waals surface area (Å²) in [5, 5.41) is 2.60. The normalized spacial score (nSPS) is 13.1. The zero-order valence-corrected chi connectivity index (χ0v) is 21.6. The highest BCUT2D eigenvalue weighted by Crippen LogP contribution is 2.25. The summed E-state index contributed by atoms with van der Waals surface area (Å²) in [4.78, 5) is 27.6. The van der Waals surface area contributed by atoms with Gasteiger partial charge in [0.2, 0.25) is 21.8 Å². The molecule has 0 saturated heterocycles. The molecule has 2 aromatic carbocycles. The fourth-order valence-corrected chi connectivity index (χ4v) is 4.33. The molecular formula is C24H31ClFN3O4S. The minimum Gasteiger partial charge on any atom is -0.352 e. The number of rotatable bonds is 10. The zero-order valence-electron chi connectivity index (χ0n) is 20.0. The second kappa shape index (κ2) is 11.7. The van der Waals surface area contributed by atoms with Crippen LogP contribution in [0.1, 0.15) is 38.3 Å². The largest absolute Gasteiger partial charge is 0.352 e. The van der Waals surface area contributed by atoms with Gasteiger partial charge < -0.3 is 10.2 Å². The van der Waals surface area contributed by atoms with E-state index in [0.29, 0.717) is 0 Å². The second-order valence-electron chi connectivity index (χ2n) is 8.37. The Morgan fingerprint density at radius 3 is 2.38 bits per heavy atom. The second-order valence-corrected chi connectivity index (χ2v) is 10.7. The van der Waals surface area contributed by atoms with Crippen molar-refractivity contribution in [2.24, 2.45) is 0 Å². The smallest absolute Gasteiger partial charge is 0.244 e. The Morgan fingerprint density at radius 1 is 1.15 bits per heavy atom. The summed E-state index contributed by atoms with van der Waals surface area (Å²) in [6.07, 6.45) is 1.67. The predicted molar refractivity (Wildman–Crippen MR) is 133 cm³/mol. The summed E-state index contributed by atoms with van der Waals surface area (Å²) in [5.41, 5.74) is 1.84. The zero-order chi connectivity index (χ0) is 25.6. The summed E-state index contributed by atoms with van der Waals surface area (Å²) in [6.45, 7) is 6.85. The number of carbonyl (C=O) groups is 2.